The number of rotatable bonds is 6. The standard InChI is InChI=1S/C22H17N3O3/c23-15-16-7-6-8-17(13-16)24-21(26)14-22(27)25-19-11-4-5-12-20(19)28-18-9-2-1-3-10-18/h1-13H,14H2,(H,24,26)(H,25,27). The first-order valence-electron chi connectivity index (χ1n) is 8.56. The Bertz CT molecular complexity index is 1030. The molecule has 6 heteroatoms. The third-order valence-electron chi connectivity index (χ3n) is 3.73. The molecule has 0 aliphatic heterocycles. The number of para-hydroxylation sites is 3. The van der Waals surface area contributed by atoms with Crippen molar-refractivity contribution in [3.8, 4) is 17.6 Å². The molecule has 0 saturated heterocycles. The number of amides is 2. The smallest absolute Gasteiger partial charge is 0.233 e. The normalized spacial score (nSPS) is 9.82. The molecule has 0 aliphatic rings. The molecule has 138 valence electrons. The lowest BCUT2D eigenvalue weighted by Crippen LogP contribution is -2.21. The largest absolute Gasteiger partial charge is 0.455 e. The van der Waals surface area contributed by atoms with Crippen LogP contribution in [0.1, 0.15) is 12.0 Å². The minimum atomic E-state index is -0.478. The second kappa shape index (κ2) is 9.01. The fourth-order valence-corrected chi connectivity index (χ4v) is 2.49. The van der Waals surface area contributed by atoms with Crippen molar-refractivity contribution in [2.75, 3.05) is 10.6 Å². The van der Waals surface area contributed by atoms with Crippen LogP contribution in [0.15, 0.2) is 78.9 Å². The molecule has 0 spiro atoms. The highest BCUT2D eigenvalue weighted by Gasteiger charge is 2.13. The van der Waals surface area contributed by atoms with Crippen LogP contribution in [0.25, 0.3) is 0 Å². The van der Waals surface area contributed by atoms with Gasteiger partial charge in [-0.25, -0.2) is 0 Å². The van der Waals surface area contributed by atoms with Crippen molar-refractivity contribution >= 4 is 23.2 Å². The summed E-state index contributed by atoms with van der Waals surface area (Å²) in [6.45, 7) is 0. The Morgan fingerprint density at radius 3 is 2.36 bits per heavy atom. The first kappa shape index (κ1) is 18.7. The number of nitrogens with one attached hydrogen (secondary N) is 2. The lowest BCUT2D eigenvalue weighted by atomic mass is 10.2. The van der Waals surface area contributed by atoms with Crippen LogP contribution in [0, 0.1) is 11.3 Å². The van der Waals surface area contributed by atoms with Gasteiger partial charge in [-0.2, -0.15) is 5.26 Å². The lowest BCUT2D eigenvalue weighted by Gasteiger charge is -2.12. The van der Waals surface area contributed by atoms with Gasteiger partial charge in [0, 0.05) is 5.69 Å². The molecular formula is C22H17N3O3. The number of hydrogen-bond acceptors (Lipinski definition) is 4. The molecule has 0 heterocycles. The number of ether oxygens (including phenoxy) is 1. The second-order valence-electron chi connectivity index (χ2n) is 5.88. The van der Waals surface area contributed by atoms with E-state index in [1.54, 1.807) is 60.7 Å². The van der Waals surface area contributed by atoms with Crippen LogP contribution in [0.4, 0.5) is 11.4 Å². The summed E-state index contributed by atoms with van der Waals surface area (Å²) in [6, 6.07) is 24.7. The molecule has 0 aliphatic carbocycles. The molecule has 3 aromatic rings. The highest BCUT2D eigenvalue weighted by molar-refractivity contribution is 6.08. The van der Waals surface area contributed by atoms with Gasteiger partial charge in [0.25, 0.3) is 0 Å². The van der Waals surface area contributed by atoms with Crippen molar-refractivity contribution in [1.82, 2.24) is 0 Å². The maximum atomic E-state index is 12.3. The molecule has 2 amide bonds. The maximum Gasteiger partial charge on any atom is 0.233 e. The number of nitriles is 1. The Labute approximate surface area is 162 Å². The van der Waals surface area contributed by atoms with Crippen LogP contribution in [0.3, 0.4) is 0 Å². The van der Waals surface area contributed by atoms with Crippen LogP contribution in [-0.2, 0) is 9.59 Å². The molecule has 3 rings (SSSR count). The minimum absolute atomic E-state index is 0.365. The van der Waals surface area contributed by atoms with Crippen LogP contribution >= 0.6 is 0 Å². The molecule has 3 aromatic carbocycles. The highest BCUT2D eigenvalue weighted by atomic mass is 16.5. The van der Waals surface area contributed by atoms with E-state index in [9.17, 15) is 9.59 Å². The number of carbonyl (C=O) groups excluding carboxylic acids is 2. The third kappa shape index (κ3) is 5.19. The molecule has 0 bridgehead atoms. The van der Waals surface area contributed by atoms with Crippen molar-refractivity contribution in [3.63, 3.8) is 0 Å². The van der Waals surface area contributed by atoms with Crippen molar-refractivity contribution < 1.29 is 14.3 Å². The molecule has 28 heavy (non-hydrogen) atoms. The van der Waals surface area contributed by atoms with Gasteiger partial charge in [0.2, 0.25) is 11.8 Å². The van der Waals surface area contributed by atoms with Gasteiger partial charge in [-0.05, 0) is 42.5 Å². The van der Waals surface area contributed by atoms with Gasteiger partial charge in [0.05, 0.1) is 17.3 Å². The summed E-state index contributed by atoms with van der Waals surface area (Å²) >= 11 is 0. The van der Waals surface area contributed by atoms with E-state index in [0.717, 1.165) is 0 Å². The van der Waals surface area contributed by atoms with Crippen molar-refractivity contribution in [3.05, 3.63) is 84.4 Å². The van der Waals surface area contributed by atoms with Gasteiger partial charge in [-0.1, -0.05) is 36.4 Å². The zero-order valence-corrected chi connectivity index (χ0v) is 14.9. The van der Waals surface area contributed by atoms with E-state index in [0.29, 0.717) is 28.4 Å². The van der Waals surface area contributed by atoms with Gasteiger partial charge in [-0.3, -0.25) is 9.59 Å². The van der Waals surface area contributed by atoms with E-state index in [1.807, 2.05) is 24.3 Å². The van der Waals surface area contributed by atoms with E-state index >= 15 is 0 Å². The van der Waals surface area contributed by atoms with Gasteiger partial charge in [-0.15, -0.1) is 0 Å². The van der Waals surface area contributed by atoms with Crippen LogP contribution < -0.4 is 15.4 Å². The van der Waals surface area contributed by atoms with Gasteiger partial charge in [0.1, 0.15) is 12.2 Å². The van der Waals surface area contributed by atoms with Crippen LogP contribution in [-0.4, -0.2) is 11.8 Å². The van der Waals surface area contributed by atoms with Gasteiger partial charge >= 0.3 is 0 Å². The van der Waals surface area contributed by atoms with Crippen molar-refractivity contribution in [2.24, 2.45) is 0 Å². The summed E-state index contributed by atoms with van der Waals surface area (Å²) in [5.41, 5.74) is 1.36. The molecule has 2 N–H and O–H groups in total. The summed E-state index contributed by atoms with van der Waals surface area (Å²) in [6.07, 6.45) is -0.365. The number of hydrogen-bond donors (Lipinski definition) is 2. The molecule has 0 fully saturated rings. The third-order valence-corrected chi connectivity index (χ3v) is 3.73. The Hall–Kier alpha value is -4.11. The van der Waals surface area contributed by atoms with Crippen molar-refractivity contribution in [2.45, 2.75) is 6.42 Å². The molecule has 0 aromatic heterocycles. The minimum Gasteiger partial charge on any atom is -0.455 e. The lowest BCUT2D eigenvalue weighted by molar-refractivity contribution is -0.123. The molecule has 0 atom stereocenters. The Balaban J connectivity index is 1.62. The Morgan fingerprint density at radius 1 is 0.857 bits per heavy atom. The zero-order valence-electron chi connectivity index (χ0n) is 14.9. The number of benzene rings is 3. The average molecular weight is 371 g/mol. The number of anilines is 2. The van der Waals surface area contributed by atoms with Crippen molar-refractivity contribution in [1.29, 1.82) is 5.26 Å². The summed E-state index contributed by atoms with van der Waals surface area (Å²) in [4.78, 5) is 24.4. The summed E-state index contributed by atoms with van der Waals surface area (Å²) in [5, 5.41) is 14.2. The number of nitrogens with zero attached hydrogens (tertiary/aromatic N) is 1. The van der Waals surface area contributed by atoms with E-state index in [4.69, 9.17) is 10.00 Å². The van der Waals surface area contributed by atoms with E-state index in [1.165, 1.54) is 0 Å². The number of carbonyl (C=O) groups is 2. The summed E-state index contributed by atoms with van der Waals surface area (Å²) in [7, 11) is 0. The quantitative estimate of drug-likeness (QED) is 0.631. The molecule has 0 radical (unpaired) electrons. The SMILES string of the molecule is N#Cc1cccc(NC(=O)CC(=O)Nc2ccccc2Oc2ccccc2)c1. The molecule has 6 nitrogen and oxygen atoms in total. The summed E-state index contributed by atoms with van der Waals surface area (Å²) < 4.78 is 5.79. The predicted octanol–water partition coefficient (Wildman–Crippen LogP) is 4.32. The molecule has 0 unspecified atom stereocenters. The maximum absolute atomic E-state index is 12.3. The monoisotopic (exact) mass is 371 g/mol. The Morgan fingerprint density at radius 2 is 1.57 bits per heavy atom. The van der Waals surface area contributed by atoms with Gasteiger partial charge < -0.3 is 15.4 Å². The van der Waals surface area contributed by atoms with Crippen LogP contribution in [0.2, 0.25) is 0 Å². The molecule has 0 saturated carbocycles. The van der Waals surface area contributed by atoms with E-state index < -0.39 is 11.8 Å². The zero-order chi connectivity index (χ0) is 19.8. The summed E-state index contributed by atoms with van der Waals surface area (Å²) in [5.74, 6) is 0.163. The van der Waals surface area contributed by atoms with Gasteiger partial charge in [0.15, 0.2) is 5.75 Å². The molecular weight excluding hydrogens is 354 g/mol. The predicted molar refractivity (Wildman–Crippen MR) is 106 cm³/mol. The fourth-order valence-electron chi connectivity index (χ4n) is 2.49. The Kier molecular flexibility index (Phi) is 6.01. The first-order chi connectivity index (χ1) is 13.6. The highest BCUT2D eigenvalue weighted by Crippen LogP contribution is 2.29. The fraction of sp³-hybridized carbons (Fsp3) is 0.0455. The van der Waals surface area contributed by atoms with E-state index in [2.05, 4.69) is 10.6 Å². The van der Waals surface area contributed by atoms with Crippen LogP contribution in [0.5, 0.6) is 11.5 Å². The first-order valence-corrected chi connectivity index (χ1v) is 8.56. The second-order valence-corrected chi connectivity index (χ2v) is 5.88. The average Bonchev–Trinajstić information content (AvgIpc) is 2.70. The topological polar surface area (TPSA) is 91.2 Å². The van der Waals surface area contributed by atoms with E-state index in [-0.39, 0.29) is 6.42 Å².